The van der Waals surface area contributed by atoms with Crippen LogP contribution >= 0.6 is 0 Å². The lowest BCUT2D eigenvalue weighted by Crippen LogP contribution is -2.52. The lowest BCUT2D eigenvalue weighted by molar-refractivity contribution is -0.171. The van der Waals surface area contributed by atoms with Crippen LogP contribution in [0.4, 0.5) is 5.82 Å². The topological polar surface area (TPSA) is 157 Å². The minimum atomic E-state index is -1.25. The summed E-state index contributed by atoms with van der Waals surface area (Å²) >= 11 is 0. The van der Waals surface area contributed by atoms with Crippen molar-refractivity contribution in [1.29, 1.82) is 0 Å². The number of hydrogen-bond acceptors (Lipinski definition) is 12. The number of likely N-dealkylation sites (N-methyl/N-ethyl adjacent to an activating group) is 3. The highest BCUT2D eigenvalue weighted by Crippen LogP contribution is 2.35. The van der Waals surface area contributed by atoms with Crippen LogP contribution in [0.5, 0.6) is 0 Å². The van der Waals surface area contributed by atoms with Crippen LogP contribution in [0.15, 0.2) is 18.3 Å². The third-order valence-electron chi connectivity index (χ3n) is 9.96. The largest absolute Gasteiger partial charge is 0.467 e. The van der Waals surface area contributed by atoms with Crippen LogP contribution in [-0.4, -0.2) is 129 Å². The number of rotatable bonds is 19. The number of carbonyl (C=O) groups excluding carboxylic acids is 5. The number of amides is 2. The lowest BCUT2D eigenvalue weighted by atomic mass is 10.0. The maximum Gasteiger partial charge on any atom is 0.329 e. The Bertz CT molecular complexity index is 1340. The molecule has 51 heavy (non-hydrogen) atoms. The highest BCUT2D eigenvalue weighted by atomic mass is 16.6. The van der Waals surface area contributed by atoms with Gasteiger partial charge in [-0.1, -0.05) is 45.6 Å². The predicted octanol–water partition coefficient (Wildman–Crippen LogP) is 2.37. The molecule has 1 aromatic rings. The summed E-state index contributed by atoms with van der Waals surface area (Å²) in [6.07, 6.45) is 4.65. The average Bonchev–Trinajstić information content (AvgIpc) is 4.07. The normalized spacial score (nSPS) is 18.9. The standard InChI is InChI=1S/C37H57N5O9/c1-23(2)18-29(37(47)50-24(3)33(43)40(5)30(36(46)48-7)20-26-10-11-26)41(6)34(44)31(51-35(45)28(38-4)19-25-8-9-25)21-27-12-13-32(39-22-27)42-14-16-49-17-15-42/h12-13,22-26,28-31,38H,8-11,14-21H2,1-7H3/t24-,28+,29+,30+,31-/m1/s1. The van der Waals surface area contributed by atoms with Crippen molar-refractivity contribution in [3.63, 3.8) is 0 Å². The van der Waals surface area contributed by atoms with E-state index in [9.17, 15) is 24.0 Å². The van der Waals surface area contributed by atoms with E-state index in [0.29, 0.717) is 43.5 Å². The molecule has 1 N–H and O–H groups in total. The Balaban J connectivity index is 1.50. The fraction of sp³-hybridized carbons (Fsp3) is 0.730. The number of pyridine rings is 1. The first-order valence-electron chi connectivity index (χ1n) is 18.3. The van der Waals surface area contributed by atoms with E-state index in [2.05, 4.69) is 15.2 Å². The second kappa shape index (κ2) is 18.6. The van der Waals surface area contributed by atoms with Crippen molar-refractivity contribution in [3.05, 3.63) is 23.9 Å². The van der Waals surface area contributed by atoms with Crippen molar-refractivity contribution >= 4 is 35.5 Å². The summed E-state index contributed by atoms with van der Waals surface area (Å²) in [5.41, 5.74) is 0.686. The van der Waals surface area contributed by atoms with Gasteiger partial charge in [0.25, 0.3) is 11.8 Å². The number of esters is 3. The van der Waals surface area contributed by atoms with E-state index in [4.69, 9.17) is 18.9 Å². The van der Waals surface area contributed by atoms with Gasteiger partial charge in [0.2, 0.25) is 0 Å². The highest BCUT2D eigenvalue weighted by molar-refractivity contribution is 5.91. The molecule has 3 fully saturated rings. The first-order valence-corrected chi connectivity index (χ1v) is 18.3. The molecule has 1 saturated heterocycles. The Labute approximate surface area is 301 Å². The molecule has 1 aliphatic heterocycles. The number of nitrogens with zero attached hydrogens (tertiary/aromatic N) is 4. The molecule has 3 aliphatic rings. The molecule has 2 saturated carbocycles. The van der Waals surface area contributed by atoms with Crippen molar-refractivity contribution in [3.8, 4) is 0 Å². The van der Waals surface area contributed by atoms with Crippen molar-refractivity contribution in [1.82, 2.24) is 20.1 Å². The summed E-state index contributed by atoms with van der Waals surface area (Å²) in [6.45, 7) is 7.96. The second-order valence-corrected chi connectivity index (χ2v) is 14.6. The Morgan fingerprint density at radius 1 is 0.882 bits per heavy atom. The number of morpholine rings is 1. The van der Waals surface area contributed by atoms with Crippen LogP contribution in [-0.2, 0) is 49.3 Å². The number of aromatic nitrogens is 1. The van der Waals surface area contributed by atoms with Gasteiger partial charge in [-0.05, 0) is 62.6 Å². The smallest absolute Gasteiger partial charge is 0.329 e. The van der Waals surface area contributed by atoms with E-state index in [1.54, 1.807) is 13.2 Å². The molecule has 2 heterocycles. The number of nitrogens with one attached hydrogen (secondary N) is 1. The van der Waals surface area contributed by atoms with E-state index >= 15 is 0 Å². The minimum Gasteiger partial charge on any atom is -0.467 e. The zero-order valence-electron chi connectivity index (χ0n) is 31.3. The molecule has 0 radical (unpaired) electrons. The zero-order chi connectivity index (χ0) is 37.2. The molecule has 4 rings (SSSR count). The fourth-order valence-electron chi connectivity index (χ4n) is 6.35. The third-order valence-corrected chi connectivity index (χ3v) is 9.96. The molecule has 1 aromatic heterocycles. The van der Waals surface area contributed by atoms with Crippen LogP contribution in [0.25, 0.3) is 0 Å². The summed E-state index contributed by atoms with van der Waals surface area (Å²) in [4.78, 5) is 76.6. The van der Waals surface area contributed by atoms with Crippen molar-refractivity contribution < 1.29 is 42.9 Å². The SMILES string of the molecule is CN[C@@H](CC1CC1)C(=O)O[C@H](Cc1ccc(N2CCOCC2)nc1)C(=O)N(C)[C@@H](CC(C)C)C(=O)O[C@H](C)C(=O)N(C)[C@@H](CC1CC1)C(=O)OC. The maximum absolute atomic E-state index is 14.3. The monoisotopic (exact) mass is 715 g/mol. The van der Waals surface area contributed by atoms with Crippen LogP contribution < -0.4 is 10.2 Å². The maximum atomic E-state index is 14.3. The number of methoxy groups -OCH3 is 1. The molecule has 14 heteroatoms. The molecule has 5 atom stereocenters. The Morgan fingerprint density at radius 3 is 2.06 bits per heavy atom. The Kier molecular flexibility index (Phi) is 14.6. The van der Waals surface area contributed by atoms with Gasteiger partial charge in [0.05, 0.1) is 20.3 Å². The first-order chi connectivity index (χ1) is 24.3. The number of ether oxygens (including phenoxy) is 4. The van der Waals surface area contributed by atoms with Crippen LogP contribution in [0.2, 0.25) is 0 Å². The van der Waals surface area contributed by atoms with Gasteiger partial charge in [0, 0.05) is 39.8 Å². The summed E-state index contributed by atoms with van der Waals surface area (Å²) in [5.74, 6) is -1.41. The Morgan fingerprint density at radius 2 is 1.51 bits per heavy atom. The molecule has 0 spiro atoms. The fourth-order valence-corrected chi connectivity index (χ4v) is 6.35. The molecule has 0 unspecified atom stereocenters. The van der Waals surface area contributed by atoms with Crippen LogP contribution in [0.3, 0.4) is 0 Å². The molecular weight excluding hydrogens is 658 g/mol. The number of hydrogen-bond donors (Lipinski definition) is 1. The van der Waals surface area contributed by atoms with Gasteiger partial charge >= 0.3 is 17.9 Å². The third kappa shape index (κ3) is 11.6. The predicted molar refractivity (Wildman–Crippen MR) is 189 cm³/mol. The Hall–Kier alpha value is -3.78. The second-order valence-electron chi connectivity index (χ2n) is 14.6. The molecule has 2 aliphatic carbocycles. The van der Waals surface area contributed by atoms with Gasteiger partial charge in [-0.2, -0.15) is 0 Å². The van der Waals surface area contributed by atoms with Crippen molar-refractivity contribution in [2.75, 3.05) is 59.5 Å². The summed E-state index contributed by atoms with van der Waals surface area (Å²) in [6, 6.07) is 1.30. The van der Waals surface area contributed by atoms with Gasteiger partial charge in [-0.3, -0.25) is 14.4 Å². The first kappa shape index (κ1) is 40.0. The quantitative estimate of drug-likeness (QED) is 0.165. The lowest BCUT2D eigenvalue weighted by Gasteiger charge is -2.33. The molecule has 2 amide bonds. The zero-order valence-corrected chi connectivity index (χ0v) is 31.3. The summed E-state index contributed by atoms with van der Waals surface area (Å²) in [5, 5.41) is 3.03. The highest BCUT2D eigenvalue weighted by Gasteiger charge is 2.40. The van der Waals surface area contributed by atoms with Crippen molar-refractivity contribution in [2.24, 2.45) is 17.8 Å². The minimum absolute atomic E-state index is 0.0288. The van der Waals surface area contributed by atoms with E-state index < -0.39 is 60.1 Å². The molecule has 14 nitrogen and oxygen atoms in total. The van der Waals surface area contributed by atoms with Gasteiger partial charge in [-0.15, -0.1) is 0 Å². The number of anilines is 1. The average molecular weight is 716 g/mol. The van der Waals surface area contributed by atoms with Crippen LogP contribution in [0.1, 0.15) is 71.3 Å². The van der Waals surface area contributed by atoms with E-state index in [-0.39, 0.29) is 18.8 Å². The van der Waals surface area contributed by atoms with E-state index in [0.717, 1.165) is 44.6 Å². The molecule has 0 aromatic carbocycles. The van der Waals surface area contributed by atoms with E-state index in [1.165, 1.54) is 37.9 Å². The van der Waals surface area contributed by atoms with Gasteiger partial charge in [-0.25, -0.2) is 14.6 Å². The molecular formula is C37H57N5O9. The van der Waals surface area contributed by atoms with Gasteiger partial charge < -0.3 is 39.0 Å². The molecule has 284 valence electrons. The van der Waals surface area contributed by atoms with E-state index in [1.807, 2.05) is 26.0 Å². The van der Waals surface area contributed by atoms with Gasteiger partial charge in [0.1, 0.15) is 23.9 Å². The van der Waals surface area contributed by atoms with Gasteiger partial charge in [0.15, 0.2) is 12.2 Å². The van der Waals surface area contributed by atoms with Crippen molar-refractivity contribution in [2.45, 2.75) is 102 Å². The summed E-state index contributed by atoms with van der Waals surface area (Å²) < 4.78 is 22.0. The van der Waals surface area contributed by atoms with Crippen LogP contribution in [0, 0.1) is 17.8 Å². The summed E-state index contributed by atoms with van der Waals surface area (Å²) in [7, 11) is 5.96. The molecule has 0 bridgehead atoms. The number of carbonyl (C=O) groups is 5.